The molecule has 4 nitrogen and oxygen atoms in total. The maximum absolute atomic E-state index is 5.44. The van der Waals surface area contributed by atoms with Crippen LogP contribution in [0.4, 0.5) is 0 Å². The van der Waals surface area contributed by atoms with Crippen molar-refractivity contribution in [2.45, 2.75) is 0 Å². The number of pyridine rings is 4. The number of aromatic nitrogens is 4. The zero-order valence-corrected chi connectivity index (χ0v) is 59.0. The molecule has 16 aromatic carbocycles. The van der Waals surface area contributed by atoms with Crippen LogP contribution in [0.25, 0.3) is 199 Å². The molecule has 504 valence electrons. The van der Waals surface area contributed by atoms with Gasteiger partial charge >= 0.3 is 0 Å². The van der Waals surface area contributed by atoms with Gasteiger partial charge in [-0.3, -0.25) is 9.97 Å². The van der Waals surface area contributed by atoms with Crippen LogP contribution in [-0.2, 0) is 0 Å². The van der Waals surface area contributed by atoms with E-state index in [4.69, 9.17) is 19.9 Å². The molecule has 0 unspecified atom stereocenters. The van der Waals surface area contributed by atoms with Crippen LogP contribution in [0.3, 0.4) is 0 Å². The molecule has 0 radical (unpaired) electrons. The number of rotatable bonds is 12. The van der Waals surface area contributed by atoms with Gasteiger partial charge in [0.25, 0.3) is 0 Å². The minimum Gasteiger partial charge on any atom is -0.256 e. The molecule has 20 aromatic rings. The fourth-order valence-corrected chi connectivity index (χ4v) is 15.5. The van der Waals surface area contributed by atoms with Crippen molar-refractivity contribution in [3.63, 3.8) is 0 Å². The summed E-state index contributed by atoms with van der Waals surface area (Å²) in [4.78, 5) is 20.3. The van der Waals surface area contributed by atoms with E-state index in [1.165, 1.54) is 77.5 Å². The molecule has 0 spiro atoms. The Labute approximate surface area is 627 Å². The fourth-order valence-electron chi connectivity index (χ4n) is 15.5. The summed E-state index contributed by atoms with van der Waals surface area (Å²) in [7, 11) is 0. The molecular formula is C104H68N4. The van der Waals surface area contributed by atoms with Gasteiger partial charge in [0.05, 0.1) is 33.5 Å². The average Bonchev–Trinajstić information content (AvgIpc) is 0.744. The minimum atomic E-state index is 0.949. The minimum absolute atomic E-state index is 0.949. The molecule has 0 bridgehead atoms. The quantitative estimate of drug-likeness (QED) is 0.114. The number of fused-ring (bicyclic) bond motifs is 8. The molecule has 0 saturated heterocycles. The first-order chi connectivity index (χ1) is 53.5. The van der Waals surface area contributed by atoms with Gasteiger partial charge in [0, 0.05) is 67.0 Å². The van der Waals surface area contributed by atoms with Crippen molar-refractivity contribution in [3.05, 3.63) is 413 Å². The predicted molar refractivity (Wildman–Crippen MR) is 454 cm³/mol. The Morgan fingerprint density at radius 1 is 0.157 bits per heavy atom. The van der Waals surface area contributed by atoms with Gasteiger partial charge in [0.2, 0.25) is 0 Å². The van der Waals surface area contributed by atoms with Crippen LogP contribution in [0.5, 0.6) is 0 Å². The third-order valence-electron chi connectivity index (χ3n) is 21.1. The normalized spacial score (nSPS) is 11.3. The zero-order chi connectivity index (χ0) is 71.7. The van der Waals surface area contributed by atoms with E-state index in [-0.39, 0.29) is 0 Å². The molecular weight excluding hydrogens is 1310 g/mol. The third kappa shape index (κ3) is 12.6. The van der Waals surface area contributed by atoms with Gasteiger partial charge < -0.3 is 0 Å². The van der Waals surface area contributed by atoms with Crippen molar-refractivity contribution in [2.24, 2.45) is 0 Å². The van der Waals surface area contributed by atoms with E-state index >= 15 is 0 Å². The van der Waals surface area contributed by atoms with E-state index in [1.807, 2.05) is 24.5 Å². The molecule has 0 aliphatic heterocycles. The number of nitrogens with zero attached hydrogens (tertiary/aromatic N) is 4. The third-order valence-corrected chi connectivity index (χ3v) is 21.1. The van der Waals surface area contributed by atoms with Gasteiger partial charge in [-0.25, -0.2) is 9.97 Å². The average molecular weight is 1370 g/mol. The SMILES string of the molecule is c1ccc(-c2ccc(-c3cc(-c4ccc(-c5cccc6cccnc56)cc4)c4cc(-c5ccc(-c6ccccc6)cc5)c5ccccc5c4n3)cc2)cc1.c1ccc(-c2ccc(-c3cc(-c4ccc(-c5cnc6ccccc6c5)cc4)c4cc(-c5ccc(-c6ccccc6)cc5)c5ccccc5c4n3)cc2)cc1. The smallest absolute Gasteiger partial charge is 0.0794 e. The molecule has 20 rings (SSSR count). The van der Waals surface area contributed by atoms with Crippen LogP contribution in [0.2, 0.25) is 0 Å². The molecule has 0 N–H and O–H groups in total. The number of hydrogen-bond acceptors (Lipinski definition) is 4. The first kappa shape index (κ1) is 64.5. The molecule has 0 amide bonds. The summed E-state index contributed by atoms with van der Waals surface area (Å²) in [6.07, 6.45) is 3.84. The van der Waals surface area contributed by atoms with E-state index in [9.17, 15) is 0 Å². The summed E-state index contributed by atoms with van der Waals surface area (Å²) >= 11 is 0. The Balaban J connectivity index is 0.000000147. The molecule has 0 aliphatic rings. The number of benzene rings is 16. The topological polar surface area (TPSA) is 51.6 Å². The van der Waals surface area contributed by atoms with Gasteiger partial charge in [0.1, 0.15) is 0 Å². The van der Waals surface area contributed by atoms with Crippen molar-refractivity contribution < 1.29 is 0 Å². The Morgan fingerprint density at radius 3 is 0.880 bits per heavy atom. The second-order valence-electron chi connectivity index (χ2n) is 27.6. The largest absolute Gasteiger partial charge is 0.256 e. The Kier molecular flexibility index (Phi) is 17.0. The highest BCUT2D eigenvalue weighted by molar-refractivity contribution is 6.18. The van der Waals surface area contributed by atoms with E-state index in [0.29, 0.717) is 0 Å². The standard InChI is InChI=1S/2C52H34N2/c1-3-11-35(12-4-1)37-19-25-40(26-20-37)47-32-49-48(41-27-21-39(22-28-41)44-31-43-15-7-10-18-50(43)53-34-44)33-51(54-52(49)46-17-9-8-16-45(46)47)42-29-23-38(24-30-42)36-13-5-2-6-14-36;1-3-11-35(12-4-1)37-20-24-40(25-21-37)47-33-49-48(41-28-26-39(27-29-41)44-19-9-15-43-16-10-32-53-51(43)44)34-50(54-52(49)46-18-8-7-17-45(46)47)42-30-22-38(23-31-42)36-13-5-2-6-14-36/h2*1-34H. The molecule has 4 heterocycles. The van der Waals surface area contributed by atoms with Crippen molar-refractivity contribution in [1.82, 2.24) is 19.9 Å². The lowest BCUT2D eigenvalue weighted by Gasteiger charge is -2.16. The van der Waals surface area contributed by atoms with Crippen LogP contribution in [0.15, 0.2) is 413 Å². The van der Waals surface area contributed by atoms with Crippen LogP contribution in [-0.4, -0.2) is 19.9 Å². The van der Waals surface area contributed by atoms with Crippen LogP contribution in [0, 0.1) is 0 Å². The predicted octanol–water partition coefficient (Wildman–Crippen LogP) is 27.9. The summed E-state index contributed by atoms with van der Waals surface area (Å²) in [5.41, 5.74) is 31.5. The van der Waals surface area contributed by atoms with Crippen molar-refractivity contribution in [1.29, 1.82) is 0 Å². The zero-order valence-electron chi connectivity index (χ0n) is 59.0. The lowest BCUT2D eigenvalue weighted by molar-refractivity contribution is 1.40. The first-order valence-corrected chi connectivity index (χ1v) is 36.8. The summed E-state index contributed by atoms with van der Waals surface area (Å²) in [5, 5.41) is 9.18. The second kappa shape index (κ2) is 28.4. The van der Waals surface area contributed by atoms with Crippen LogP contribution < -0.4 is 0 Å². The Bertz CT molecular complexity index is 6680. The van der Waals surface area contributed by atoms with E-state index in [2.05, 4.69) is 388 Å². The van der Waals surface area contributed by atoms with Gasteiger partial charge in [-0.1, -0.05) is 358 Å². The lowest BCUT2D eigenvalue weighted by Crippen LogP contribution is -1.94. The molecule has 108 heavy (non-hydrogen) atoms. The number of hydrogen-bond donors (Lipinski definition) is 0. The van der Waals surface area contributed by atoms with Crippen LogP contribution >= 0.6 is 0 Å². The highest BCUT2D eigenvalue weighted by Gasteiger charge is 2.20. The second-order valence-corrected chi connectivity index (χ2v) is 27.6. The molecule has 4 heteroatoms. The first-order valence-electron chi connectivity index (χ1n) is 36.8. The maximum Gasteiger partial charge on any atom is 0.0794 e. The monoisotopic (exact) mass is 1370 g/mol. The molecule has 0 fully saturated rings. The van der Waals surface area contributed by atoms with E-state index < -0.39 is 0 Å². The lowest BCUT2D eigenvalue weighted by atomic mass is 9.90. The van der Waals surface area contributed by atoms with Crippen molar-refractivity contribution >= 4 is 65.2 Å². The van der Waals surface area contributed by atoms with Crippen molar-refractivity contribution in [3.8, 4) is 134 Å². The number of para-hydroxylation sites is 2. The highest BCUT2D eigenvalue weighted by Crippen LogP contribution is 2.45. The van der Waals surface area contributed by atoms with Gasteiger partial charge in [-0.15, -0.1) is 0 Å². The van der Waals surface area contributed by atoms with E-state index in [1.54, 1.807) is 0 Å². The molecule has 0 atom stereocenters. The summed E-state index contributed by atoms with van der Waals surface area (Å²) in [6.45, 7) is 0. The highest BCUT2D eigenvalue weighted by atomic mass is 14.7. The van der Waals surface area contributed by atoms with E-state index in [0.717, 1.165) is 121 Å². The van der Waals surface area contributed by atoms with Gasteiger partial charge in [-0.2, -0.15) is 0 Å². The summed E-state index contributed by atoms with van der Waals surface area (Å²) in [6, 6.07) is 143. The molecule has 0 aliphatic carbocycles. The molecule has 0 saturated carbocycles. The fraction of sp³-hybridized carbons (Fsp3) is 0. The van der Waals surface area contributed by atoms with Crippen molar-refractivity contribution in [2.75, 3.05) is 0 Å². The van der Waals surface area contributed by atoms with Crippen LogP contribution in [0.1, 0.15) is 0 Å². The summed E-state index contributed by atoms with van der Waals surface area (Å²) in [5.74, 6) is 0. The Hall–Kier alpha value is -14.3. The summed E-state index contributed by atoms with van der Waals surface area (Å²) < 4.78 is 0. The van der Waals surface area contributed by atoms with Gasteiger partial charge in [0.15, 0.2) is 0 Å². The Morgan fingerprint density at radius 2 is 0.463 bits per heavy atom. The van der Waals surface area contributed by atoms with Gasteiger partial charge in [-0.05, 0) is 153 Å². The maximum atomic E-state index is 5.44. The molecule has 4 aromatic heterocycles.